The third-order valence-electron chi connectivity index (χ3n) is 3.03. The van der Waals surface area contributed by atoms with Crippen molar-refractivity contribution in [3.05, 3.63) is 26.6 Å². The van der Waals surface area contributed by atoms with Crippen molar-refractivity contribution in [2.75, 3.05) is 11.9 Å². The van der Waals surface area contributed by atoms with Crippen molar-refractivity contribution in [1.82, 2.24) is 9.97 Å². The summed E-state index contributed by atoms with van der Waals surface area (Å²) in [4.78, 5) is 9.51. The summed E-state index contributed by atoms with van der Waals surface area (Å²) in [5, 5.41) is 7.56. The Hall–Kier alpha value is -0.940. The van der Waals surface area contributed by atoms with Crippen LogP contribution >= 0.6 is 27.3 Å². The zero-order valence-electron chi connectivity index (χ0n) is 12.5. The topological polar surface area (TPSA) is 37.8 Å². The van der Waals surface area contributed by atoms with Crippen LogP contribution in [0, 0.1) is 6.92 Å². The van der Waals surface area contributed by atoms with E-state index in [-0.39, 0.29) is 5.41 Å². The number of thiophene rings is 1. The molecule has 0 aliphatic carbocycles. The summed E-state index contributed by atoms with van der Waals surface area (Å²) >= 11 is 5.28. The molecule has 0 bridgehead atoms. The van der Waals surface area contributed by atoms with Crippen molar-refractivity contribution < 1.29 is 0 Å². The molecule has 0 aliphatic heterocycles. The first-order chi connectivity index (χ1) is 9.34. The summed E-state index contributed by atoms with van der Waals surface area (Å²) < 4.78 is 1.09. The van der Waals surface area contributed by atoms with Gasteiger partial charge in [0, 0.05) is 38.3 Å². The maximum atomic E-state index is 4.82. The van der Waals surface area contributed by atoms with Crippen LogP contribution in [0.5, 0.6) is 0 Å². The van der Waals surface area contributed by atoms with E-state index in [1.165, 1.54) is 0 Å². The normalized spacial score (nSPS) is 11.7. The average molecular weight is 354 g/mol. The molecular formula is C15H20BrN3S. The predicted molar refractivity (Wildman–Crippen MR) is 90.6 cm³/mol. The molecule has 0 radical (unpaired) electrons. The Kier molecular flexibility index (Phi) is 4.49. The van der Waals surface area contributed by atoms with E-state index in [1.807, 2.05) is 0 Å². The number of rotatable bonds is 3. The van der Waals surface area contributed by atoms with Gasteiger partial charge in [0.2, 0.25) is 0 Å². The third kappa shape index (κ3) is 3.04. The Morgan fingerprint density at radius 2 is 1.95 bits per heavy atom. The molecule has 1 N–H and O–H groups in total. The summed E-state index contributed by atoms with van der Waals surface area (Å²) in [7, 11) is 0. The van der Waals surface area contributed by atoms with E-state index in [0.29, 0.717) is 0 Å². The lowest BCUT2D eigenvalue weighted by molar-refractivity contribution is 0.546. The Balaban J connectivity index is 2.67. The predicted octanol–water partition coefficient (Wildman–Crippen LogP) is 5.01. The first-order valence-corrected chi connectivity index (χ1v) is 8.43. The molecule has 0 spiro atoms. The van der Waals surface area contributed by atoms with E-state index in [1.54, 1.807) is 11.3 Å². The van der Waals surface area contributed by atoms with Crippen molar-refractivity contribution in [3.63, 3.8) is 0 Å². The first-order valence-electron chi connectivity index (χ1n) is 6.69. The number of nitrogens with one attached hydrogen (secondary N) is 1. The van der Waals surface area contributed by atoms with Gasteiger partial charge in [0.25, 0.3) is 0 Å². The van der Waals surface area contributed by atoms with Gasteiger partial charge in [-0.15, -0.1) is 0 Å². The number of nitrogens with zero attached hydrogens (tertiary/aromatic N) is 2. The van der Waals surface area contributed by atoms with Crippen LogP contribution < -0.4 is 5.32 Å². The smallest absolute Gasteiger partial charge is 0.136 e. The largest absolute Gasteiger partial charge is 0.370 e. The first kappa shape index (κ1) is 15.4. The molecule has 0 atom stereocenters. The van der Waals surface area contributed by atoms with Crippen molar-refractivity contribution in [1.29, 1.82) is 0 Å². The van der Waals surface area contributed by atoms with Gasteiger partial charge >= 0.3 is 0 Å². The molecule has 0 saturated heterocycles. The van der Waals surface area contributed by atoms with Gasteiger partial charge in [-0.3, -0.25) is 0 Å². The molecule has 0 fully saturated rings. The summed E-state index contributed by atoms with van der Waals surface area (Å²) in [5.41, 5.74) is 3.17. The molecule has 0 aromatic carbocycles. The molecule has 0 unspecified atom stereocenters. The van der Waals surface area contributed by atoms with Crippen LogP contribution in [0.25, 0.3) is 11.3 Å². The van der Waals surface area contributed by atoms with Gasteiger partial charge in [-0.05, 0) is 29.8 Å². The fourth-order valence-electron chi connectivity index (χ4n) is 1.90. The minimum Gasteiger partial charge on any atom is -0.370 e. The Morgan fingerprint density at radius 3 is 2.45 bits per heavy atom. The van der Waals surface area contributed by atoms with Crippen molar-refractivity contribution in [2.24, 2.45) is 0 Å². The second kappa shape index (κ2) is 5.82. The van der Waals surface area contributed by atoms with E-state index in [4.69, 9.17) is 9.97 Å². The second-order valence-corrected chi connectivity index (χ2v) is 7.38. The van der Waals surface area contributed by atoms with E-state index in [0.717, 1.165) is 39.5 Å². The number of aromatic nitrogens is 2. The van der Waals surface area contributed by atoms with Crippen LogP contribution in [-0.4, -0.2) is 16.5 Å². The van der Waals surface area contributed by atoms with Gasteiger partial charge in [0.05, 0.1) is 5.69 Å². The lowest BCUT2D eigenvalue weighted by Gasteiger charge is -2.20. The van der Waals surface area contributed by atoms with Gasteiger partial charge in [-0.2, -0.15) is 11.3 Å². The summed E-state index contributed by atoms with van der Waals surface area (Å²) in [6, 6.07) is 0. The summed E-state index contributed by atoms with van der Waals surface area (Å²) in [6.07, 6.45) is 0. The molecule has 108 valence electrons. The number of halogens is 1. The zero-order chi connectivity index (χ0) is 14.9. The molecule has 5 heteroatoms. The minimum absolute atomic E-state index is 0.0743. The minimum atomic E-state index is -0.0743. The Bertz CT molecular complexity index is 614. The van der Waals surface area contributed by atoms with Crippen molar-refractivity contribution in [2.45, 2.75) is 40.0 Å². The van der Waals surface area contributed by atoms with Crippen LogP contribution in [0.2, 0.25) is 0 Å². The molecule has 0 amide bonds. The maximum absolute atomic E-state index is 4.82. The molecule has 0 aliphatic rings. The molecular weight excluding hydrogens is 334 g/mol. The Morgan fingerprint density at radius 1 is 1.25 bits per heavy atom. The summed E-state index contributed by atoms with van der Waals surface area (Å²) in [6.45, 7) is 11.4. The zero-order valence-corrected chi connectivity index (χ0v) is 14.9. The van der Waals surface area contributed by atoms with E-state index in [2.05, 4.69) is 66.6 Å². The molecule has 0 saturated carbocycles. The van der Waals surface area contributed by atoms with Gasteiger partial charge < -0.3 is 5.32 Å². The van der Waals surface area contributed by atoms with E-state index < -0.39 is 0 Å². The fourth-order valence-corrected chi connectivity index (χ4v) is 3.37. The highest BCUT2D eigenvalue weighted by atomic mass is 79.9. The van der Waals surface area contributed by atoms with Crippen molar-refractivity contribution in [3.8, 4) is 11.3 Å². The highest BCUT2D eigenvalue weighted by molar-refractivity contribution is 9.10. The molecule has 2 aromatic heterocycles. The van der Waals surface area contributed by atoms with Gasteiger partial charge in [0.15, 0.2) is 0 Å². The number of hydrogen-bond donors (Lipinski definition) is 1. The Labute approximate surface area is 133 Å². The third-order valence-corrected chi connectivity index (χ3v) is 4.73. The van der Waals surface area contributed by atoms with Gasteiger partial charge in [-0.1, -0.05) is 20.8 Å². The average Bonchev–Trinajstić information content (AvgIpc) is 2.77. The van der Waals surface area contributed by atoms with Crippen LogP contribution in [-0.2, 0) is 5.41 Å². The van der Waals surface area contributed by atoms with E-state index >= 15 is 0 Å². The highest BCUT2D eigenvalue weighted by Gasteiger charge is 2.22. The van der Waals surface area contributed by atoms with Gasteiger partial charge in [0.1, 0.15) is 11.6 Å². The maximum Gasteiger partial charge on any atom is 0.136 e. The molecule has 20 heavy (non-hydrogen) atoms. The standard InChI is InChI=1S/C15H20BrN3S/c1-6-17-13-9(2)12(10-7-20-8-11(10)16)18-14(19-13)15(3,4)5/h7-8H,6H2,1-5H3,(H,17,18,19). The van der Waals surface area contributed by atoms with Gasteiger partial charge in [-0.25, -0.2) is 9.97 Å². The lowest BCUT2D eigenvalue weighted by atomic mass is 9.95. The fraction of sp³-hybridized carbons (Fsp3) is 0.467. The quantitative estimate of drug-likeness (QED) is 0.842. The monoisotopic (exact) mass is 353 g/mol. The molecule has 2 rings (SSSR count). The second-order valence-electron chi connectivity index (χ2n) is 5.78. The van der Waals surface area contributed by atoms with Crippen LogP contribution in [0.15, 0.2) is 15.2 Å². The van der Waals surface area contributed by atoms with Crippen LogP contribution in [0.3, 0.4) is 0 Å². The molecule has 3 nitrogen and oxygen atoms in total. The highest BCUT2D eigenvalue weighted by Crippen LogP contribution is 2.35. The van der Waals surface area contributed by atoms with Crippen LogP contribution in [0.4, 0.5) is 5.82 Å². The summed E-state index contributed by atoms with van der Waals surface area (Å²) in [5.74, 6) is 1.80. The van der Waals surface area contributed by atoms with E-state index in [9.17, 15) is 0 Å². The molecule has 2 aromatic rings. The number of hydrogen-bond acceptors (Lipinski definition) is 4. The molecule has 2 heterocycles. The number of anilines is 1. The van der Waals surface area contributed by atoms with Crippen LogP contribution in [0.1, 0.15) is 39.1 Å². The SMILES string of the molecule is CCNc1nc(C(C)(C)C)nc(-c2cscc2Br)c1C. The van der Waals surface area contributed by atoms with Crippen molar-refractivity contribution >= 4 is 33.1 Å². The lowest BCUT2D eigenvalue weighted by Crippen LogP contribution is -2.19.